The molecule has 0 saturated carbocycles. The average Bonchev–Trinajstić information content (AvgIpc) is 2.72. The third kappa shape index (κ3) is 5.15. The number of sulfonamides is 2. The Morgan fingerprint density at radius 2 is 1.69 bits per heavy atom. The maximum atomic E-state index is 12.6. The van der Waals surface area contributed by atoms with Gasteiger partial charge in [0, 0.05) is 25.4 Å². The normalized spacial score (nSPS) is 12.0. The second-order valence-electron chi connectivity index (χ2n) is 5.72. The molecule has 29 heavy (non-hydrogen) atoms. The van der Waals surface area contributed by atoms with Gasteiger partial charge in [-0.3, -0.25) is 5.43 Å². The number of rotatable bonds is 10. The fourth-order valence-electron chi connectivity index (χ4n) is 2.49. The van der Waals surface area contributed by atoms with E-state index in [4.69, 9.17) is 9.47 Å². The number of aromatic nitrogens is 1. The minimum Gasteiger partial charge on any atom is -0.497 e. The second kappa shape index (κ2) is 9.39. The summed E-state index contributed by atoms with van der Waals surface area (Å²) in [5.74, 6) is 0.595. The molecular weight excluding hydrogens is 420 g/mol. The van der Waals surface area contributed by atoms with E-state index in [1.165, 1.54) is 42.8 Å². The van der Waals surface area contributed by atoms with Crippen LogP contribution >= 0.6 is 0 Å². The molecule has 0 amide bonds. The number of hydrogen-bond acceptors (Lipinski definition) is 8. The van der Waals surface area contributed by atoms with Crippen molar-refractivity contribution in [2.75, 3.05) is 32.7 Å². The number of hydrazine groups is 1. The third-order valence-corrected chi connectivity index (χ3v) is 7.36. The molecule has 0 fully saturated rings. The predicted octanol–water partition coefficient (Wildman–Crippen LogP) is 1.43. The van der Waals surface area contributed by atoms with Crippen LogP contribution in [0, 0.1) is 0 Å². The molecule has 12 heteroatoms. The van der Waals surface area contributed by atoms with Gasteiger partial charge in [-0.25, -0.2) is 21.8 Å². The van der Waals surface area contributed by atoms with Crippen molar-refractivity contribution in [1.29, 1.82) is 0 Å². The molecule has 0 saturated heterocycles. The molecule has 1 aromatic carbocycles. The number of benzene rings is 1. The van der Waals surface area contributed by atoms with Gasteiger partial charge < -0.3 is 9.47 Å². The summed E-state index contributed by atoms with van der Waals surface area (Å²) in [6, 6.07) is 7.07. The number of nitrogens with one attached hydrogen (secondary N) is 2. The van der Waals surface area contributed by atoms with Crippen molar-refractivity contribution in [3.63, 3.8) is 0 Å². The summed E-state index contributed by atoms with van der Waals surface area (Å²) in [4.78, 5) is 6.04. The lowest BCUT2D eigenvalue weighted by Crippen LogP contribution is -2.31. The Labute approximate surface area is 170 Å². The van der Waals surface area contributed by atoms with E-state index in [-0.39, 0.29) is 21.4 Å². The topological polar surface area (TPSA) is 127 Å². The maximum absolute atomic E-state index is 12.6. The Bertz CT molecular complexity index is 1040. The highest BCUT2D eigenvalue weighted by molar-refractivity contribution is 7.89. The van der Waals surface area contributed by atoms with E-state index >= 15 is 0 Å². The van der Waals surface area contributed by atoms with Crippen LogP contribution < -0.4 is 19.7 Å². The first kappa shape index (κ1) is 22.9. The van der Waals surface area contributed by atoms with Gasteiger partial charge in [-0.1, -0.05) is 13.8 Å². The lowest BCUT2D eigenvalue weighted by molar-refractivity contribution is 0.392. The van der Waals surface area contributed by atoms with Crippen LogP contribution in [0.5, 0.6) is 11.5 Å². The quantitative estimate of drug-likeness (QED) is 0.527. The van der Waals surface area contributed by atoms with Crippen LogP contribution in [-0.4, -0.2) is 53.4 Å². The van der Waals surface area contributed by atoms with Crippen molar-refractivity contribution in [2.45, 2.75) is 23.6 Å². The van der Waals surface area contributed by atoms with Crippen molar-refractivity contribution >= 4 is 25.9 Å². The van der Waals surface area contributed by atoms with Crippen molar-refractivity contribution < 1.29 is 26.3 Å². The van der Waals surface area contributed by atoms with Crippen LogP contribution in [0.25, 0.3) is 0 Å². The molecule has 0 atom stereocenters. The predicted molar refractivity (Wildman–Crippen MR) is 108 cm³/mol. The standard InChI is InChI=1S/C17H24N4O6S2/c1-5-21(6-2)29(24,25)14-8-10-17(18-12-14)19-20-28(22,23)16-11-13(26-3)7-9-15(16)27-4/h7-12,20H,5-6H2,1-4H3,(H,18,19). The van der Waals surface area contributed by atoms with Crippen molar-refractivity contribution in [2.24, 2.45) is 0 Å². The summed E-state index contributed by atoms with van der Waals surface area (Å²) in [5.41, 5.74) is 2.45. The molecule has 2 rings (SSSR count). The van der Waals surface area contributed by atoms with Gasteiger partial charge in [0.2, 0.25) is 10.0 Å². The molecule has 2 aromatic rings. The molecule has 1 heterocycles. The summed E-state index contributed by atoms with van der Waals surface area (Å²) >= 11 is 0. The first-order valence-electron chi connectivity index (χ1n) is 8.65. The molecule has 0 aliphatic rings. The highest BCUT2D eigenvalue weighted by atomic mass is 32.2. The van der Waals surface area contributed by atoms with E-state index in [1.807, 2.05) is 0 Å². The van der Waals surface area contributed by atoms with Gasteiger partial charge in [0.1, 0.15) is 27.1 Å². The van der Waals surface area contributed by atoms with Crippen LogP contribution in [0.15, 0.2) is 46.3 Å². The van der Waals surface area contributed by atoms with Crippen LogP contribution in [0.2, 0.25) is 0 Å². The smallest absolute Gasteiger partial charge is 0.261 e. The Balaban J connectivity index is 2.20. The number of nitrogens with zero attached hydrogens (tertiary/aromatic N) is 2. The van der Waals surface area contributed by atoms with Crippen LogP contribution in [0.4, 0.5) is 5.82 Å². The van der Waals surface area contributed by atoms with Gasteiger partial charge in [-0.15, -0.1) is 4.83 Å². The lowest BCUT2D eigenvalue weighted by atomic mass is 10.3. The monoisotopic (exact) mass is 444 g/mol. The average molecular weight is 445 g/mol. The zero-order chi connectivity index (χ0) is 21.7. The first-order valence-corrected chi connectivity index (χ1v) is 11.6. The minimum atomic E-state index is -4.03. The van der Waals surface area contributed by atoms with Crippen molar-refractivity contribution in [3.05, 3.63) is 36.5 Å². The molecular formula is C17H24N4O6S2. The Kier molecular flexibility index (Phi) is 7.41. The fourth-order valence-corrected chi connectivity index (χ4v) is 4.93. The van der Waals surface area contributed by atoms with Gasteiger partial charge in [0.05, 0.1) is 14.2 Å². The van der Waals surface area contributed by atoms with Crippen LogP contribution in [-0.2, 0) is 20.0 Å². The van der Waals surface area contributed by atoms with Crippen molar-refractivity contribution in [3.8, 4) is 11.5 Å². The van der Waals surface area contributed by atoms with E-state index in [9.17, 15) is 16.8 Å². The highest BCUT2D eigenvalue weighted by Crippen LogP contribution is 2.28. The molecule has 1 aromatic heterocycles. The molecule has 0 spiro atoms. The Morgan fingerprint density at radius 3 is 2.21 bits per heavy atom. The van der Waals surface area contributed by atoms with Gasteiger partial charge in [0.25, 0.3) is 10.0 Å². The second-order valence-corrected chi connectivity index (χ2v) is 9.30. The maximum Gasteiger partial charge on any atom is 0.261 e. The summed E-state index contributed by atoms with van der Waals surface area (Å²) in [6.07, 6.45) is 1.16. The van der Waals surface area contributed by atoms with Gasteiger partial charge >= 0.3 is 0 Å². The molecule has 0 unspecified atom stereocenters. The number of hydrogen-bond donors (Lipinski definition) is 2. The summed E-state index contributed by atoms with van der Waals surface area (Å²) < 4.78 is 61.6. The highest BCUT2D eigenvalue weighted by Gasteiger charge is 2.23. The molecule has 0 aliphatic carbocycles. The van der Waals surface area contributed by atoms with Crippen LogP contribution in [0.3, 0.4) is 0 Å². The van der Waals surface area contributed by atoms with Crippen molar-refractivity contribution in [1.82, 2.24) is 14.1 Å². The lowest BCUT2D eigenvalue weighted by Gasteiger charge is -2.18. The third-order valence-electron chi connectivity index (χ3n) is 4.05. The molecule has 10 nitrogen and oxygen atoms in total. The van der Waals surface area contributed by atoms with E-state index in [1.54, 1.807) is 19.9 Å². The molecule has 160 valence electrons. The number of ether oxygens (including phenoxy) is 2. The van der Waals surface area contributed by atoms with Gasteiger partial charge in [-0.2, -0.15) is 4.31 Å². The Morgan fingerprint density at radius 1 is 1.00 bits per heavy atom. The zero-order valence-electron chi connectivity index (χ0n) is 16.5. The van der Waals surface area contributed by atoms with Crippen LogP contribution in [0.1, 0.15) is 13.8 Å². The van der Waals surface area contributed by atoms with E-state index < -0.39 is 20.0 Å². The van der Waals surface area contributed by atoms with Gasteiger partial charge in [-0.05, 0) is 24.3 Å². The largest absolute Gasteiger partial charge is 0.497 e. The molecule has 0 bridgehead atoms. The molecule has 2 N–H and O–H groups in total. The zero-order valence-corrected chi connectivity index (χ0v) is 18.2. The van der Waals surface area contributed by atoms with E-state index in [0.29, 0.717) is 18.8 Å². The fraction of sp³-hybridized carbons (Fsp3) is 0.353. The number of methoxy groups -OCH3 is 2. The first-order chi connectivity index (χ1) is 13.7. The molecule has 0 radical (unpaired) electrons. The summed E-state index contributed by atoms with van der Waals surface area (Å²) in [5, 5.41) is 0. The summed E-state index contributed by atoms with van der Waals surface area (Å²) in [7, 11) is -4.90. The molecule has 0 aliphatic heterocycles. The van der Waals surface area contributed by atoms with E-state index in [0.717, 1.165) is 6.20 Å². The van der Waals surface area contributed by atoms with E-state index in [2.05, 4.69) is 15.2 Å². The Hall–Kier alpha value is -2.41. The SMILES string of the molecule is CCN(CC)S(=O)(=O)c1ccc(NNS(=O)(=O)c2cc(OC)ccc2OC)nc1. The minimum absolute atomic E-state index is 0.0177. The number of pyridine rings is 1. The van der Waals surface area contributed by atoms with Gasteiger partial charge in [0.15, 0.2) is 0 Å². The number of anilines is 1. The summed E-state index contributed by atoms with van der Waals surface area (Å²) in [6.45, 7) is 4.15.